The SMILES string of the molecule is Bc1ccc(-c2ccc(-c3ccc4cc(-c5ccc(-c6ccc(C)cc6)cc5)ccc4c3)cc2)cc1. The molecule has 0 heterocycles. The molecule has 6 rings (SSSR count). The van der Waals surface area contributed by atoms with E-state index in [0.717, 1.165) is 0 Å². The Balaban J connectivity index is 1.25. The topological polar surface area (TPSA) is 0 Å². The molecule has 0 atom stereocenters. The van der Waals surface area contributed by atoms with Gasteiger partial charge in [0.15, 0.2) is 0 Å². The predicted molar refractivity (Wildman–Crippen MR) is 159 cm³/mol. The van der Waals surface area contributed by atoms with Crippen molar-refractivity contribution in [3.8, 4) is 44.5 Å². The van der Waals surface area contributed by atoms with Gasteiger partial charge in [-0.1, -0.05) is 132 Å². The summed E-state index contributed by atoms with van der Waals surface area (Å²) in [7, 11) is 2.12. The molecular formula is C35H27B. The monoisotopic (exact) mass is 458 g/mol. The highest BCUT2D eigenvalue weighted by Gasteiger charge is 2.05. The van der Waals surface area contributed by atoms with Gasteiger partial charge in [-0.2, -0.15) is 0 Å². The van der Waals surface area contributed by atoms with Crippen molar-refractivity contribution >= 4 is 24.1 Å². The van der Waals surface area contributed by atoms with Crippen molar-refractivity contribution in [2.45, 2.75) is 6.92 Å². The first-order valence-corrected chi connectivity index (χ1v) is 12.5. The Morgan fingerprint density at radius 1 is 0.333 bits per heavy atom. The Bertz CT molecular complexity index is 1510. The summed E-state index contributed by atoms with van der Waals surface area (Å²) in [5, 5.41) is 2.52. The van der Waals surface area contributed by atoms with Crippen LogP contribution in [0.1, 0.15) is 5.56 Å². The van der Waals surface area contributed by atoms with Crippen LogP contribution in [0.5, 0.6) is 0 Å². The lowest BCUT2D eigenvalue weighted by atomic mass is 9.93. The van der Waals surface area contributed by atoms with Gasteiger partial charge in [0.1, 0.15) is 7.85 Å². The van der Waals surface area contributed by atoms with Gasteiger partial charge in [-0.3, -0.25) is 0 Å². The lowest BCUT2D eigenvalue weighted by Crippen LogP contribution is -1.99. The summed E-state index contributed by atoms with van der Waals surface area (Å²) in [4.78, 5) is 0. The summed E-state index contributed by atoms with van der Waals surface area (Å²) in [6.07, 6.45) is 0. The minimum Gasteiger partial charge on any atom is -0.0889 e. The number of aryl methyl sites for hydroxylation is 1. The number of rotatable bonds is 4. The van der Waals surface area contributed by atoms with E-state index in [-0.39, 0.29) is 0 Å². The van der Waals surface area contributed by atoms with E-state index in [1.165, 1.54) is 66.3 Å². The molecule has 0 aliphatic carbocycles. The third-order valence-corrected chi connectivity index (χ3v) is 7.05. The van der Waals surface area contributed by atoms with Crippen molar-refractivity contribution in [3.63, 3.8) is 0 Å². The number of hydrogen-bond acceptors (Lipinski definition) is 0. The molecule has 1 heteroatoms. The zero-order valence-electron chi connectivity index (χ0n) is 20.7. The van der Waals surface area contributed by atoms with Crippen molar-refractivity contribution < 1.29 is 0 Å². The van der Waals surface area contributed by atoms with E-state index in [9.17, 15) is 0 Å². The maximum absolute atomic E-state index is 2.29. The fraction of sp³-hybridized carbons (Fsp3) is 0.0286. The Hall–Kier alpha value is -4.36. The van der Waals surface area contributed by atoms with Crippen molar-refractivity contribution in [1.82, 2.24) is 0 Å². The van der Waals surface area contributed by atoms with Gasteiger partial charge in [0.2, 0.25) is 0 Å². The normalized spacial score (nSPS) is 11.0. The van der Waals surface area contributed by atoms with E-state index in [1.54, 1.807) is 0 Å². The van der Waals surface area contributed by atoms with Crippen LogP contribution < -0.4 is 5.46 Å². The van der Waals surface area contributed by atoms with E-state index in [4.69, 9.17) is 0 Å². The van der Waals surface area contributed by atoms with E-state index < -0.39 is 0 Å². The molecule has 0 saturated heterocycles. The minimum absolute atomic E-state index is 1.24. The molecule has 0 amide bonds. The quantitative estimate of drug-likeness (QED) is 0.234. The lowest BCUT2D eigenvalue weighted by molar-refractivity contribution is 1.47. The average Bonchev–Trinajstić information content (AvgIpc) is 2.94. The maximum atomic E-state index is 2.29. The van der Waals surface area contributed by atoms with Crippen LogP contribution in [0.4, 0.5) is 0 Å². The maximum Gasteiger partial charge on any atom is 0.139 e. The van der Waals surface area contributed by atoms with Gasteiger partial charge >= 0.3 is 0 Å². The first-order valence-electron chi connectivity index (χ1n) is 12.5. The van der Waals surface area contributed by atoms with Crippen molar-refractivity contribution in [1.29, 1.82) is 0 Å². The molecule has 0 nitrogen and oxygen atoms in total. The molecule has 36 heavy (non-hydrogen) atoms. The third kappa shape index (κ3) is 4.48. The van der Waals surface area contributed by atoms with E-state index in [0.29, 0.717) is 0 Å². The van der Waals surface area contributed by atoms with Gasteiger partial charge < -0.3 is 0 Å². The van der Waals surface area contributed by atoms with Crippen LogP contribution in [0, 0.1) is 6.92 Å². The standard InChI is InChI=1S/C35H27B/c1-24-2-4-25(5-3-24)26-6-10-29(11-7-26)31-14-16-34-23-32(15-17-33(34)22-31)30-12-8-27(9-13-30)28-18-20-35(36)21-19-28/h2-23H,36H2,1H3. The van der Waals surface area contributed by atoms with Gasteiger partial charge in [0.25, 0.3) is 0 Å². The summed E-state index contributed by atoms with van der Waals surface area (Å²) < 4.78 is 0. The lowest BCUT2D eigenvalue weighted by Gasteiger charge is -2.09. The fourth-order valence-electron chi connectivity index (χ4n) is 4.81. The smallest absolute Gasteiger partial charge is 0.0889 e. The molecule has 0 radical (unpaired) electrons. The molecule has 6 aromatic carbocycles. The fourth-order valence-corrected chi connectivity index (χ4v) is 4.81. The van der Waals surface area contributed by atoms with Crippen molar-refractivity contribution in [2.24, 2.45) is 0 Å². The molecule has 6 aromatic rings. The largest absolute Gasteiger partial charge is 0.139 e. The van der Waals surface area contributed by atoms with Crippen LogP contribution in [0.2, 0.25) is 0 Å². The molecule has 0 saturated carbocycles. The van der Waals surface area contributed by atoms with Gasteiger partial charge in [0.05, 0.1) is 0 Å². The summed E-state index contributed by atoms with van der Waals surface area (Å²) in [6, 6.07) is 48.7. The summed E-state index contributed by atoms with van der Waals surface area (Å²) in [5.41, 5.74) is 12.5. The molecule has 0 aromatic heterocycles. The second kappa shape index (κ2) is 9.36. The van der Waals surface area contributed by atoms with Crippen LogP contribution in [-0.4, -0.2) is 7.85 Å². The van der Waals surface area contributed by atoms with Crippen molar-refractivity contribution in [3.05, 3.63) is 139 Å². The number of hydrogen-bond donors (Lipinski definition) is 0. The van der Waals surface area contributed by atoms with Crippen LogP contribution >= 0.6 is 0 Å². The summed E-state index contributed by atoms with van der Waals surface area (Å²) in [6.45, 7) is 2.12. The minimum atomic E-state index is 1.24. The van der Waals surface area contributed by atoms with Gasteiger partial charge in [-0.25, -0.2) is 0 Å². The molecule has 0 fully saturated rings. The highest BCUT2D eigenvalue weighted by molar-refractivity contribution is 6.32. The number of benzene rings is 6. The number of fused-ring (bicyclic) bond motifs is 1. The molecule has 0 aliphatic heterocycles. The Kier molecular flexibility index (Phi) is 5.75. The third-order valence-electron chi connectivity index (χ3n) is 7.05. The zero-order chi connectivity index (χ0) is 24.5. The predicted octanol–water partition coefficient (Wildman–Crippen LogP) is 8.07. The molecule has 0 bridgehead atoms. The molecule has 170 valence electrons. The second-order valence-electron chi connectivity index (χ2n) is 9.66. The highest BCUT2D eigenvalue weighted by Crippen LogP contribution is 2.31. The highest BCUT2D eigenvalue weighted by atomic mass is 14.1. The molecule has 0 unspecified atom stereocenters. The molecule has 0 N–H and O–H groups in total. The summed E-state index contributed by atoms with van der Waals surface area (Å²) >= 11 is 0. The second-order valence-corrected chi connectivity index (χ2v) is 9.66. The van der Waals surface area contributed by atoms with E-state index >= 15 is 0 Å². The van der Waals surface area contributed by atoms with Crippen molar-refractivity contribution in [2.75, 3.05) is 0 Å². The zero-order valence-corrected chi connectivity index (χ0v) is 20.7. The molecule has 0 aliphatic rings. The molecule has 0 spiro atoms. The first kappa shape index (κ1) is 22.1. The van der Waals surface area contributed by atoms with Gasteiger partial charge in [0, 0.05) is 0 Å². The van der Waals surface area contributed by atoms with Gasteiger partial charge in [-0.15, -0.1) is 0 Å². The summed E-state index contributed by atoms with van der Waals surface area (Å²) in [5.74, 6) is 0. The van der Waals surface area contributed by atoms with Crippen LogP contribution in [0.3, 0.4) is 0 Å². The Morgan fingerprint density at radius 3 is 1.00 bits per heavy atom. The van der Waals surface area contributed by atoms with Crippen LogP contribution in [0.25, 0.3) is 55.3 Å². The van der Waals surface area contributed by atoms with Crippen LogP contribution in [0.15, 0.2) is 133 Å². The first-order chi connectivity index (χ1) is 17.6. The van der Waals surface area contributed by atoms with Crippen LogP contribution in [-0.2, 0) is 0 Å². The molecular weight excluding hydrogens is 431 g/mol. The van der Waals surface area contributed by atoms with E-state index in [2.05, 4.69) is 148 Å². The Morgan fingerprint density at radius 2 is 0.611 bits per heavy atom. The van der Waals surface area contributed by atoms with Gasteiger partial charge in [-0.05, 0) is 74.3 Å². The average molecular weight is 458 g/mol. The van der Waals surface area contributed by atoms with E-state index in [1.807, 2.05) is 0 Å². The Labute approximate surface area is 214 Å².